The van der Waals surface area contributed by atoms with Crippen molar-refractivity contribution in [1.82, 2.24) is 9.88 Å². The van der Waals surface area contributed by atoms with Gasteiger partial charge in [-0.2, -0.15) is 0 Å². The molecular formula is C22H23N3O4S. The molecule has 8 heteroatoms. The molecule has 0 atom stereocenters. The van der Waals surface area contributed by atoms with Gasteiger partial charge in [0.25, 0.3) is 5.56 Å². The number of aliphatic hydroxyl groups excluding tert-OH is 1. The summed E-state index contributed by atoms with van der Waals surface area (Å²) in [7, 11) is 1.31. The zero-order valence-corrected chi connectivity index (χ0v) is 17.6. The standard InChI is InChI=1S/C22H23N3O4S/c1-14-7-8-15-12-16(20(27)23-19(15)11-14)13-25(9-10-26)22(30)24-18-6-4-3-5-17(18)21(28)29-2/h3-8,11-12,26H,9-10,13H2,1-2H3,(H,23,27)(H,24,30). The lowest BCUT2D eigenvalue weighted by molar-refractivity contribution is 0.0602. The Morgan fingerprint density at radius 1 is 1.23 bits per heavy atom. The number of fused-ring (bicyclic) bond motifs is 1. The monoisotopic (exact) mass is 425 g/mol. The lowest BCUT2D eigenvalue weighted by Crippen LogP contribution is -2.38. The largest absolute Gasteiger partial charge is 0.465 e. The van der Waals surface area contributed by atoms with Gasteiger partial charge in [0.15, 0.2) is 5.11 Å². The number of hydrogen-bond acceptors (Lipinski definition) is 5. The first kappa shape index (κ1) is 21.5. The minimum absolute atomic E-state index is 0.148. The Morgan fingerprint density at radius 2 is 2.00 bits per heavy atom. The first-order chi connectivity index (χ1) is 14.4. The summed E-state index contributed by atoms with van der Waals surface area (Å²) in [6, 6.07) is 14.5. The van der Waals surface area contributed by atoms with Gasteiger partial charge in [-0.3, -0.25) is 4.79 Å². The van der Waals surface area contributed by atoms with E-state index in [0.717, 1.165) is 16.5 Å². The number of benzene rings is 2. The number of pyridine rings is 1. The van der Waals surface area contributed by atoms with E-state index in [1.165, 1.54) is 7.11 Å². The van der Waals surface area contributed by atoms with Gasteiger partial charge in [0.1, 0.15) is 0 Å². The molecule has 0 saturated heterocycles. The van der Waals surface area contributed by atoms with Gasteiger partial charge in [0.05, 0.1) is 31.5 Å². The quantitative estimate of drug-likeness (QED) is 0.413. The summed E-state index contributed by atoms with van der Waals surface area (Å²) in [5.74, 6) is -0.490. The van der Waals surface area contributed by atoms with Crippen LogP contribution in [0.3, 0.4) is 0 Å². The van der Waals surface area contributed by atoms with Crippen LogP contribution in [0.25, 0.3) is 10.9 Å². The van der Waals surface area contributed by atoms with Gasteiger partial charge in [-0.25, -0.2) is 4.79 Å². The molecule has 0 radical (unpaired) electrons. The Kier molecular flexibility index (Phi) is 6.81. The van der Waals surface area contributed by atoms with E-state index in [-0.39, 0.29) is 30.4 Å². The number of H-pyrrole nitrogens is 1. The normalized spacial score (nSPS) is 10.6. The van der Waals surface area contributed by atoms with Crippen LogP contribution in [-0.4, -0.2) is 46.3 Å². The maximum atomic E-state index is 12.6. The number of rotatable bonds is 6. The first-order valence-corrected chi connectivity index (χ1v) is 9.80. The fourth-order valence-corrected chi connectivity index (χ4v) is 3.40. The number of aromatic nitrogens is 1. The van der Waals surface area contributed by atoms with Crippen molar-refractivity contribution >= 4 is 39.9 Å². The SMILES string of the molecule is COC(=O)c1ccccc1NC(=S)N(CCO)Cc1cc2ccc(C)cc2[nH]c1=O. The molecule has 0 unspecified atom stereocenters. The summed E-state index contributed by atoms with van der Waals surface area (Å²) in [6.45, 7) is 2.24. The number of aryl methyl sites for hydroxylation is 1. The molecule has 3 rings (SSSR count). The van der Waals surface area contributed by atoms with Crippen LogP contribution in [0, 0.1) is 6.92 Å². The molecule has 3 aromatic rings. The molecule has 0 saturated carbocycles. The fourth-order valence-electron chi connectivity index (χ4n) is 3.13. The van der Waals surface area contributed by atoms with Crippen molar-refractivity contribution in [2.45, 2.75) is 13.5 Å². The number of esters is 1. The number of para-hydroxylation sites is 1. The van der Waals surface area contributed by atoms with Gasteiger partial charge in [-0.05, 0) is 54.4 Å². The third-order valence-electron chi connectivity index (χ3n) is 4.67. The molecule has 0 amide bonds. The Labute approximate surface area is 179 Å². The number of hydrogen-bond donors (Lipinski definition) is 3. The molecule has 2 aromatic carbocycles. The van der Waals surface area contributed by atoms with Crippen molar-refractivity contribution in [3.05, 3.63) is 75.6 Å². The molecule has 156 valence electrons. The lowest BCUT2D eigenvalue weighted by Gasteiger charge is -2.25. The van der Waals surface area contributed by atoms with Crippen molar-refractivity contribution in [2.24, 2.45) is 0 Å². The van der Waals surface area contributed by atoms with Crippen LogP contribution in [0.2, 0.25) is 0 Å². The molecule has 0 bridgehead atoms. The number of carbonyl (C=O) groups excluding carboxylic acids is 1. The van der Waals surface area contributed by atoms with Crippen LogP contribution < -0.4 is 10.9 Å². The highest BCUT2D eigenvalue weighted by molar-refractivity contribution is 7.80. The minimum Gasteiger partial charge on any atom is -0.465 e. The number of carbonyl (C=O) groups is 1. The van der Waals surface area contributed by atoms with E-state index < -0.39 is 5.97 Å². The van der Waals surface area contributed by atoms with Gasteiger partial charge in [-0.15, -0.1) is 0 Å². The van der Waals surface area contributed by atoms with Crippen molar-refractivity contribution in [3.8, 4) is 0 Å². The van der Waals surface area contributed by atoms with Gasteiger partial charge in [0.2, 0.25) is 0 Å². The third kappa shape index (κ3) is 4.84. The van der Waals surface area contributed by atoms with Gasteiger partial charge in [-0.1, -0.05) is 24.3 Å². The van der Waals surface area contributed by atoms with Crippen molar-refractivity contribution in [1.29, 1.82) is 0 Å². The average Bonchev–Trinajstić information content (AvgIpc) is 2.73. The molecule has 30 heavy (non-hydrogen) atoms. The number of anilines is 1. The van der Waals surface area contributed by atoms with Crippen LogP contribution in [0.5, 0.6) is 0 Å². The van der Waals surface area contributed by atoms with Crippen LogP contribution in [0.1, 0.15) is 21.5 Å². The van der Waals surface area contributed by atoms with E-state index in [9.17, 15) is 14.7 Å². The molecule has 0 aliphatic carbocycles. The van der Waals surface area contributed by atoms with Crippen LogP contribution >= 0.6 is 12.2 Å². The second-order valence-electron chi connectivity index (χ2n) is 6.83. The van der Waals surface area contributed by atoms with Crippen molar-refractivity contribution in [2.75, 3.05) is 25.6 Å². The number of ether oxygens (including phenoxy) is 1. The number of aromatic amines is 1. The summed E-state index contributed by atoms with van der Waals surface area (Å²) in [5, 5.41) is 13.7. The average molecular weight is 426 g/mol. The predicted octanol–water partition coefficient (Wildman–Crippen LogP) is 2.81. The molecule has 0 aliphatic heterocycles. The molecule has 1 aromatic heterocycles. The molecule has 0 aliphatic rings. The molecule has 0 spiro atoms. The fraction of sp³-hybridized carbons (Fsp3) is 0.227. The maximum absolute atomic E-state index is 12.6. The maximum Gasteiger partial charge on any atom is 0.339 e. The summed E-state index contributed by atoms with van der Waals surface area (Å²) in [4.78, 5) is 29.1. The molecule has 3 N–H and O–H groups in total. The Bertz CT molecular complexity index is 1140. The summed E-state index contributed by atoms with van der Waals surface area (Å²) in [5.41, 5.74) is 2.96. The number of methoxy groups -OCH3 is 1. The number of nitrogens with one attached hydrogen (secondary N) is 2. The zero-order chi connectivity index (χ0) is 21.7. The van der Waals surface area contributed by atoms with Gasteiger partial charge < -0.3 is 25.0 Å². The third-order valence-corrected chi connectivity index (χ3v) is 5.03. The van der Waals surface area contributed by atoms with Gasteiger partial charge in [0, 0.05) is 17.6 Å². The van der Waals surface area contributed by atoms with Crippen LogP contribution in [-0.2, 0) is 11.3 Å². The number of nitrogens with zero attached hydrogens (tertiary/aromatic N) is 1. The van der Waals surface area contributed by atoms with Gasteiger partial charge >= 0.3 is 5.97 Å². The van der Waals surface area contributed by atoms with Crippen molar-refractivity contribution < 1.29 is 14.6 Å². The van der Waals surface area contributed by atoms with Crippen LogP contribution in [0.15, 0.2) is 53.3 Å². The number of aliphatic hydroxyl groups is 1. The predicted molar refractivity (Wildman–Crippen MR) is 121 cm³/mol. The van der Waals surface area contributed by atoms with Crippen molar-refractivity contribution in [3.63, 3.8) is 0 Å². The van der Waals surface area contributed by atoms with E-state index in [0.29, 0.717) is 16.8 Å². The van der Waals surface area contributed by atoms with Crippen LogP contribution in [0.4, 0.5) is 5.69 Å². The highest BCUT2D eigenvalue weighted by atomic mass is 32.1. The molecular weight excluding hydrogens is 402 g/mol. The smallest absolute Gasteiger partial charge is 0.339 e. The Balaban J connectivity index is 1.86. The summed E-state index contributed by atoms with van der Waals surface area (Å²) in [6.07, 6.45) is 0. The van der Waals surface area contributed by atoms with E-state index in [2.05, 4.69) is 10.3 Å². The number of thiocarbonyl (C=S) groups is 1. The minimum atomic E-state index is -0.490. The molecule has 0 fully saturated rings. The Hall–Kier alpha value is -3.23. The highest BCUT2D eigenvalue weighted by Gasteiger charge is 2.17. The van der Waals surface area contributed by atoms with E-state index in [1.807, 2.05) is 31.2 Å². The second kappa shape index (κ2) is 9.51. The molecule has 1 heterocycles. The van der Waals surface area contributed by atoms with E-state index >= 15 is 0 Å². The van der Waals surface area contributed by atoms with E-state index in [1.54, 1.807) is 29.2 Å². The second-order valence-corrected chi connectivity index (χ2v) is 7.21. The molecule has 7 nitrogen and oxygen atoms in total. The summed E-state index contributed by atoms with van der Waals surface area (Å²) < 4.78 is 4.81. The zero-order valence-electron chi connectivity index (χ0n) is 16.8. The topological polar surface area (TPSA) is 94.7 Å². The van der Waals surface area contributed by atoms with E-state index in [4.69, 9.17) is 17.0 Å². The Morgan fingerprint density at radius 3 is 2.73 bits per heavy atom. The lowest BCUT2D eigenvalue weighted by atomic mass is 10.1. The first-order valence-electron chi connectivity index (χ1n) is 9.39. The summed E-state index contributed by atoms with van der Waals surface area (Å²) >= 11 is 5.50. The highest BCUT2D eigenvalue weighted by Crippen LogP contribution is 2.18.